The molecule has 2 heterocycles. The highest BCUT2D eigenvalue weighted by Gasteiger charge is 2.26. The molecule has 1 aromatic heterocycles. The molecule has 1 aromatic carbocycles. The third-order valence-electron chi connectivity index (χ3n) is 4.96. The average Bonchev–Trinajstić information content (AvgIpc) is 2.61. The predicted octanol–water partition coefficient (Wildman–Crippen LogP) is 4.07. The summed E-state index contributed by atoms with van der Waals surface area (Å²) in [6, 6.07) is 10.1. The van der Waals surface area contributed by atoms with E-state index in [0.29, 0.717) is 5.92 Å². The van der Waals surface area contributed by atoms with Crippen molar-refractivity contribution in [2.75, 3.05) is 23.3 Å². The lowest BCUT2D eigenvalue weighted by Gasteiger charge is -2.31. The Morgan fingerprint density at radius 1 is 1.12 bits per heavy atom. The molecule has 0 unspecified atom stereocenters. The Morgan fingerprint density at radius 2 is 1.73 bits per heavy atom. The summed E-state index contributed by atoms with van der Waals surface area (Å²) < 4.78 is 0. The molecular weight excluding hydrogens is 324 g/mol. The molecule has 1 saturated heterocycles. The first kappa shape index (κ1) is 18.4. The summed E-state index contributed by atoms with van der Waals surface area (Å²) in [6.07, 6.45) is 1.65. The van der Waals surface area contributed by atoms with Crippen LogP contribution in [0.3, 0.4) is 0 Å². The number of para-hydroxylation sites is 1. The van der Waals surface area contributed by atoms with Gasteiger partial charge in [-0.25, -0.2) is 9.97 Å². The van der Waals surface area contributed by atoms with E-state index in [1.54, 1.807) is 0 Å². The Morgan fingerprint density at radius 3 is 2.35 bits per heavy atom. The van der Waals surface area contributed by atoms with Crippen LogP contribution in [0.15, 0.2) is 30.3 Å². The number of aryl methyl sites for hydroxylation is 2. The number of nitrogens with zero attached hydrogens (tertiary/aromatic N) is 3. The monoisotopic (exact) mass is 352 g/mol. The number of nitrogens with one attached hydrogen (secondary N) is 1. The molecule has 0 spiro atoms. The maximum absolute atomic E-state index is 12.7. The van der Waals surface area contributed by atoms with Crippen molar-refractivity contribution in [3.63, 3.8) is 0 Å². The maximum Gasteiger partial charge on any atom is 0.227 e. The van der Waals surface area contributed by atoms with Gasteiger partial charge in [-0.15, -0.1) is 0 Å². The number of benzene rings is 1. The first-order chi connectivity index (χ1) is 12.4. The standard InChI is InChI=1S/C21H28N4O/c1-14(2)18-7-5-6-8-19(18)24-20(26)17-9-11-25(12-10-17)21-22-15(3)13-16(4)23-21/h5-8,13-14,17H,9-12H2,1-4H3,(H,24,26). The van der Waals surface area contributed by atoms with Crippen molar-refractivity contribution < 1.29 is 4.79 Å². The summed E-state index contributed by atoms with van der Waals surface area (Å²) in [6.45, 7) is 9.90. The molecule has 1 N–H and O–H groups in total. The quantitative estimate of drug-likeness (QED) is 0.901. The topological polar surface area (TPSA) is 58.1 Å². The Hall–Kier alpha value is -2.43. The van der Waals surface area contributed by atoms with Gasteiger partial charge in [0.2, 0.25) is 11.9 Å². The Balaban J connectivity index is 1.62. The lowest BCUT2D eigenvalue weighted by atomic mass is 9.95. The van der Waals surface area contributed by atoms with Crippen LogP contribution in [0.5, 0.6) is 0 Å². The summed E-state index contributed by atoms with van der Waals surface area (Å²) in [5.74, 6) is 1.33. The van der Waals surface area contributed by atoms with Crippen molar-refractivity contribution in [3.05, 3.63) is 47.3 Å². The van der Waals surface area contributed by atoms with Crippen LogP contribution >= 0.6 is 0 Å². The zero-order valence-electron chi connectivity index (χ0n) is 16.1. The number of rotatable bonds is 4. The van der Waals surface area contributed by atoms with E-state index in [9.17, 15) is 4.79 Å². The predicted molar refractivity (Wildman–Crippen MR) is 106 cm³/mol. The van der Waals surface area contributed by atoms with Crippen molar-refractivity contribution in [1.29, 1.82) is 0 Å². The number of carbonyl (C=O) groups excluding carboxylic acids is 1. The second kappa shape index (κ2) is 7.85. The van der Waals surface area contributed by atoms with Crippen LogP contribution in [0.4, 0.5) is 11.6 Å². The van der Waals surface area contributed by atoms with E-state index in [4.69, 9.17) is 0 Å². The minimum absolute atomic E-state index is 0.0392. The van der Waals surface area contributed by atoms with Gasteiger partial charge in [0.05, 0.1) is 0 Å². The molecule has 0 atom stereocenters. The molecule has 1 aliphatic heterocycles. The number of piperidine rings is 1. The Kier molecular flexibility index (Phi) is 5.55. The van der Waals surface area contributed by atoms with Crippen LogP contribution in [-0.2, 0) is 4.79 Å². The molecule has 138 valence electrons. The van der Waals surface area contributed by atoms with Gasteiger partial charge in [-0.3, -0.25) is 4.79 Å². The molecule has 3 rings (SSSR count). The van der Waals surface area contributed by atoms with Gasteiger partial charge in [0.15, 0.2) is 0 Å². The third kappa shape index (κ3) is 4.21. The highest BCUT2D eigenvalue weighted by atomic mass is 16.1. The average molecular weight is 352 g/mol. The fourth-order valence-electron chi connectivity index (χ4n) is 3.54. The fourth-order valence-corrected chi connectivity index (χ4v) is 3.54. The number of aromatic nitrogens is 2. The fraction of sp³-hybridized carbons (Fsp3) is 0.476. The van der Waals surface area contributed by atoms with Crippen LogP contribution < -0.4 is 10.2 Å². The molecule has 0 aliphatic carbocycles. The van der Waals surface area contributed by atoms with Gasteiger partial charge in [0.1, 0.15) is 0 Å². The molecule has 1 aliphatic rings. The summed E-state index contributed by atoms with van der Waals surface area (Å²) in [4.78, 5) is 24.0. The summed E-state index contributed by atoms with van der Waals surface area (Å²) in [5, 5.41) is 3.15. The molecular formula is C21H28N4O. The second-order valence-electron chi connectivity index (χ2n) is 7.44. The van der Waals surface area contributed by atoms with E-state index in [0.717, 1.165) is 49.0 Å². The summed E-state index contributed by atoms with van der Waals surface area (Å²) >= 11 is 0. The molecule has 0 saturated carbocycles. The smallest absolute Gasteiger partial charge is 0.227 e. The Labute approximate surface area is 155 Å². The lowest BCUT2D eigenvalue weighted by molar-refractivity contribution is -0.120. The second-order valence-corrected chi connectivity index (χ2v) is 7.44. The zero-order valence-corrected chi connectivity index (χ0v) is 16.1. The minimum atomic E-state index is 0.0392. The molecule has 26 heavy (non-hydrogen) atoms. The van der Waals surface area contributed by atoms with E-state index >= 15 is 0 Å². The number of carbonyl (C=O) groups is 1. The zero-order chi connectivity index (χ0) is 18.7. The first-order valence-corrected chi connectivity index (χ1v) is 9.41. The van der Waals surface area contributed by atoms with Crippen molar-refractivity contribution in [2.24, 2.45) is 5.92 Å². The molecule has 5 heteroatoms. The normalized spacial score (nSPS) is 15.3. The van der Waals surface area contributed by atoms with Crippen LogP contribution in [0.25, 0.3) is 0 Å². The third-order valence-corrected chi connectivity index (χ3v) is 4.96. The molecule has 5 nitrogen and oxygen atoms in total. The van der Waals surface area contributed by atoms with Gasteiger partial charge in [-0.1, -0.05) is 32.0 Å². The number of anilines is 2. The van der Waals surface area contributed by atoms with Gasteiger partial charge in [0, 0.05) is 36.1 Å². The summed E-state index contributed by atoms with van der Waals surface area (Å²) in [5.41, 5.74) is 4.09. The number of amides is 1. The maximum atomic E-state index is 12.7. The molecule has 2 aromatic rings. The molecule has 1 fully saturated rings. The van der Waals surface area contributed by atoms with Gasteiger partial charge in [-0.05, 0) is 50.3 Å². The van der Waals surface area contributed by atoms with E-state index in [-0.39, 0.29) is 11.8 Å². The van der Waals surface area contributed by atoms with Gasteiger partial charge in [0.25, 0.3) is 0 Å². The molecule has 0 radical (unpaired) electrons. The van der Waals surface area contributed by atoms with Crippen molar-refractivity contribution in [1.82, 2.24) is 9.97 Å². The lowest BCUT2D eigenvalue weighted by Crippen LogP contribution is -2.39. The number of hydrogen-bond acceptors (Lipinski definition) is 4. The van der Waals surface area contributed by atoms with Gasteiger partial charge < -0.3 is 10.2 Å². The van der Waals surface area contributed by atoms with E-state index in [2.05, 4.69) is 40.1 Å². The largest absolute Gasteiger partial charge is 0.341 e. The highest BCUT2D eigenvalue weighted by molar-refractivity contribution is 5.93. The van der Waals surface area contributed by atoms with Crippen molar-refractivity contribution >= 4 is 17.5 Å². The number of hydrogen-bond donors (Lipinski definition) is 1. The van der Waals surface area contributed by atoms with Crippen LogP contribution in [0, 0.1) is 19.8 Å². The molecule has 0 bridgehead atoms. The summed E-state index contributed by atoms with van der Waals surface area (Å²) in [7, 11) is 0. The van der Waals surface area contributed by atoms with Gasteiger partial charge in [-0.2, -0.15) is 0 Å². The Bertz CT molecular complexity index is 759. The van der Waals surface area contributed by atoms with Crippen LogP contribution in [0.2, 0.25) is 0 Å². The van der Waals surface area contributed by atoms with Crippen molar-refractivity contribution in [2.45, 2.75) is 46.5 Å². The van der Waals surface area contributed by atoms with Crippen LogP contribution in [0.1, 0.15) is 49.6 Å². The molecule has 1 amide bonds. The van der Waals surface area contributed by atoms with Gasteiger partial charge >= 0.3 is 0 Å². The van der Waals surface area contributed by atoms with Crippen LogP contribution in [-0.4, -0.2) is 29.0 Å². The van der Waals surface area contributed by atoms with Crippen molar-refractivity contribution in [3.8, 4) is 0 Å². The van der Waals surface area contributed by atoms with E-state index in [1.165, 1.54) is 5.56 Å². The van der Waals surface area contributed by atoms with E-state index < -0.39 is 0 Å². The van der Waals surface area contributed by atoms with E-state index in [1.807, 2.05) is 38.1 Å². The highest BCUT2D eigenvalue weighted by Crippen LogP contribution is 2.26. The SMILES string of the molecule is Cc1cc(C)nc(N2CCC(C(=O)Nc3ccccc3C(C)C)CC2)n1. The minimum Gasteiger partial charge on any atom is -0.341 e. The first-order valence-electron chi connectivity index (χ1n) is 9.41.